The van der Waals surface area contributed by atoms with Gasteiger partial charge < -0.3 is 10.5 Å². The summed E-state index contributed by atoms with van der Waals surface area (Å²) in [6, 6.07) is 8.21. The van der Waals surface area contributed by atoms with Crippen LogP contribution in [-0.4, -0.2) is 12.1 Å². The van der Waals surface area contributed by atoms with Crippen molar-refractivity contribution in [3.63, 3.8) is 0 Å². The van der Waals surface area contributed by atoms with Crippen molar-refractivity contribution in [3.05, 3.63) is 29.8 Å². The molecule has 0 fully saturated rings. The van der Waals surface area contributed by atoms with Crippen molar-refractivity contribution in [1.29, 1.82) is 0 Å². The van der Waals surface area contributed by atoms with Gasteiger partial charge in [0.1, 0.15) is 11.9 Å². The van der Waals surface area contributed by atoms with E-state index < -0.39 is 0 Å². The molecule has 0 heterocycles. The lowest BCUT2D eigenvalue weighted by Gasteiger charge is -2.18. The van der Waals surface area contributed by atoms with Gasteiger partial charge in [0.15, 0.2) is 0 Å². The van der Waals surface area contributed by atoms with Crippen LogP contribution in [0.1, 0.15) is 26.3 Å². The molecule has 14 heavy (non-hydrogen) atoms. The lowest BCUT2D eigenvalue weighted by Crippen LogP contribution is -2.33. The highest BCUT2D eigenvalue weighted by atomic mass is 16.5. The molecule has 0 bridgehead atoms. The van der Waals surface area contributed by atoms with E-state index in [0.717, 1.165) is 12.2 Å². The Bertz CT molecular complexity index is 283. The molecule has 1 unspecified atom stereocenters. The fourth-order valence-corrected chi connectivity index (χ4v) is 1.16. The van der Waals surface area contributed by atoms with Gasteiger partial charge in [-0.25, -0.2) is 0 Å². The van der Waals surface area contributed by atoms with Crippen LogP contribution in [0.3, 0.4) is 0 Å². The highest BCUT2D eigenvalue weighted by Gasteiger charge is 2.08. The number of ether oxygens (including phenoxy) is 1. The van der Waals surface area contributed by atoms with Crippen molar-refractivity contribution in [3.8, 4) is 5.75 Å². The zero-order valence-electron chi connectivity index (χ0n) is 9.16. The molecule has 1 aromatic rings. The van der Waals surface area contributed by atoms with Crippen molar-refractivity contribution in [2.75, 3.05) is 0 Å². The largest absolute Gasteiger partial charge is 0.489 e. The zero-order valence-corrected chi connectivity index (χ0v) is 9.16. The first-order valence-corrected chi connectivity index (χ1v) is 5.14. The second-order valence-corrected chi connectivity index (χ2v) is 3.68. The number of hydrogen-bond acceptors (Lipinski definition) is 2. The maximum Gasteiger partial charge on any atom is 0.120 e. The fraction of sp³-hybridized carbons (Fsp3) is 0.500. The first-order valence-electron chi connectivity index (χ1n) is 5.14. The van der Waals surface area contributed by atoms with Crippen LogP contribution in [-0.2, 0) is 6.42 Å². The van der Waals surface area contributed by atoms with Gasteiger partial charge in [0, 0.05) is 6.04 Å². The summed E-state index contributed by atoms with van der Waals surface area (Å²) in [7, 11) is 0. The summed E-state index contributed by atoms with van der Waals surface area (Å²) in [5, 5.41) is 0. The summed E-state index contributed by atoms with van der Waals surface area (Å²) in [6.07, 6.45) is 1.09. The van der Waals surface area contributed by atoms with Gasteiger partial charge in [-0.05, 0) is 38.0 Å². The van der Waals surface area contributed by atoms with Gasteiger partial charge in [-0.3, -0.25) is 0 Å². The Labute approximate surface area is 86.1 Å². The first kappa shape index (κ1) is 11.1. The van der Waals surface area contributed by atoms with Gasteiger partial charge in [-0.1, -0.05) is 19.1 Å². The Hall–Kier alpha value is -1.02. The van der Waals surface area contributed by atoms with E-state index in [-0.39, 0.29) is 12.1 Å². The fourth-order valence-electron chi connectivity index (χ4n) is 1.16. The smallest absolute Gasteiger partial charge is 0.120 e. The van der Waals surface area contributed by atoms with Crippen molar-refractivity contribution < 1.29 is 4.74 Å². The van der Waals surface area contributed by atoms with Crippen LogP contribution >= 0.6 is 0 Å². The topological polar surface area (TPSA) is 35.2 Å². The number of rotatable bonds is 4. The van der Waals surface area contributed by atoms with Gasteiger partial charge in [0.2, 0.25) is 0 Å². The second-order valence-electron chi connectivity index (χ2n) is 3.68. The van der Waals surface area contributed by atoms with Gasteiger partial charge in [0.25, 0.3) is 0 Å². The molecule has 0 saturated carbocycles. The predicted molar refractivity (Wildman–Crippen MR) is 59.6 cm³/mol. The van der Waals surface area contributed by atoms with E-state index in [0.29, 0.717) is 0 Å². The van der Waals surface area contributed by atoms with E-state index in [1.807, 2.05) is 26.0 Å². The minimum Gasteiger partial charge on any atom is -0.489 e. The molecule has 0 amide bonds. The molecular formula is C12H19NO. The molecule has 2 N–H and O–H groups in total. The Morgan fingerprint density at radius 3 is 2.64 bits per heavy atom. The standard InChI is InChI=1S/C12H19NO/c1-4-11-6-5-7-12(8-11)14-10(3)9(2)13/h5-10H,4,13H2,1-3H3/t9-,10?/m0/s1. The quantitative estimate of drug-likeness (QED) is 0.796. The average molecular weight is 193 g/mol. The molecule has 2 heteroatoms. The molecule has 1 rings (SSSR count). The average Bonchev–Trinajstić information content (AvgIpc) is 2.18. The molecule has 2 nitrogen and oxygen atoms in total. The molecule has 1 aromatic carbocycles. The Kier molecular flexibility index (Phi) is 3.96. The molecule has 0 aromatic heterocycles. The highest BCUT2D eigenvalue weighted by Crippen LogP contribution is 2.15. The molecule has 2 atom stereocenters. The van der Waals surface area contributed by atoms with Crippen LogP contribution in [0.25, 0.3) is 0 Å². The van der Waals surface area contributed by atoms with Crippen LogP contribution in [0.15, 0.2) is 24.3 Å². The van der Waals surface area contributed by atoms with Crippen molar-refractivity contribution in [1.82, 2.24) is 0 Å². The zero-order chi connectivity index (χ0) is 10.6. The molecule has 0 aliphatic carbocycles. The van der Waals surface area contributed by atoms with Crippen molar-refractivity contribution in [2.45, 2.75) is 39.3 Å². The van der Waals surface area contributed by atoms with Gasteiger partial charge >= 0.3 is 0 Å². The van der Waals surface area contributed by atoms with E-state index in [4.69, 9.17) is 10.5 Å². The third-order valence-electron chi connectivity index (χ3n) is 2.37. The lowest BCUT2D eigenvalue weighted by molar-refractivity contribution is 0.196. The van der Waals surface area contributed by atoms with Crippen LogP contribution in [0.5, 0.6) is 5.75 Å². The van der Waals surface area contributed by atoms with E-state index in [1.165, 1.54) is 5.56 Å². The monoisotopic (exact) mass is 193 g/mol. The molecule has 0 saturated heterocycles. The summed E-state index contributed by atoms with van der Waals surface area (Å²) in [5.41, 5.74) is 7.02. The van der Waals surface area contributed by atoms with Crippen molar-refractivity contribution in [2.24, 2.45) is 5.73 Å². The summed E-state index contributed by atoms with van der Waals surface area (Å²) in [5.74, 6) is 0.911. The van der Waals surface area contributed by atoms with Gasteiger partial charge in [0.05, 0.1) is 0 Å². The molecule has 0 radical (unpaired) electrons. The maximum atomic E-state index is 5.73. The first-order chi connectivity index (χ1) is 6.63. The minimum absolute atomic E-state index is 0.0558. The van der Waals surface area contributed by atoms with Crippen LogP contribution < -0.4 is 10.5 Å². The third-order valence-corrected chi connectivity index (χ3v) is 2.37. The Morgan fingerprint density at radius 1 is 1.36 bits per heavy atom. The van der Waals surface area contributed by atoms with Crippen LogP contribution in [0, 0.1) is 0 Å². The normalized spacial score (nSPS) is 14.9. The summed E-state index contributed by atoms with van der Waals surface area (Å²) < 4.78 is 5.69. The van der Waals surface area contributed by atoms with Gasteiger partial charge in [-0.2, -0.15) is 0 Å². The maximum absolute atomic E-state index is 5.73. The van der Waals surface area contributed by atoms with Crippen LogP contribution in [0.2, 0.25) is 0 Å². The second kappa shape index (κ2) is 5.01. The molecule has 78 valence electrons. The summed E-state index contributed by atoms with van der Waals surface area (Å²) >= 11 is 0. The molecular weight excluding hydrogens is 174 g/mol. The van der Waals surface area contributed by atoms with Crippen LogP contribution in [0.4, 0.5) is 0 Å². The van der Waals surface area contributed by atoms with E-state index in [9.17, 15) is 0 Å². The lowest BCUT2D eigenvalue weighted by atomic mass is 10.1. The van der Waals surface area contributed by atoms with E-state index in [2.05, 4.69) is 19.1 Å². The minimum atomic E-state index is 0.0558. The number of nitrogens with two attached hydrogens (primary N) is 1. The molecule has 0 spiro atoms. The number of aryl methyl sites for hydroxylation is 1. The number of benzene rings is 1. The predicted octanol–water partition coefficient (Wildman–Crippen LogP) is 2.36. The third kappa shape index (κ3) is 3.04. The Balaban J connectivity index is 2.66. The molecule has 0 aliphatic heterocycles. The summed E-state index contributed by atoms with van der Waals surface area (Å²) in [4.78, 5) is 0. The Morgan fingerprint density at radius 2 is 2.07 bits per heavy atom. The highest BCUT2D eigenvalue weighted by molar-refractivity contribution is 5.28. The van der Waals surface area contributed by atoms with Crippen molar-refractivity contribution >= 4 is 0 Å². The molecule has 0 aliphatic rings. The SMILES string of the molecule is CCc1cccc(OC(C)[C@H](C)N)c1. The summed E-state index contributed by atoms with van der Waals surface area (Å²) in [6.45, 7) is 6.08. The van der Waals surface area contributed by atoms with E-state index >= 15 is 0 Å². The van der Waals surface area contributed by atoms with Gasteiger partial charge in [-0.15, -0.1) is 0 Å². The van der Waals surface area contributed by atoms with E-state index in [1.54, 1.807) is 0 Å². The number of hydrogen-bond donors (Lipinski definition) is 1.